The molecule has 0 aliphatic heterocycles. The van der Waals surface area contributed by atoms with Crippen LogP contribution in [0, 0.1) is 0 Å². The second kappa shape index (κ2) is 8.09. The Bertz CT molecular complexity index is 894. The molecule has 0 aliphatic carbocycles. The second-order valence-electron chi connectivity index (χ2n) is 6.24. The Hall–Kier alpha value is -2.75. The quantitative estimate of drug-likeness (QED) is 0.534. The standard InChI is InChI=1S/C23H20N2S/c1-4-10-18(11-5-1)22(19-12-6-2-7-13-19)24-16-21-17-25-23(26-21)20-14-8-3-9-15-20/h1-15,17,22,24H,16H2/p+1. The molecule has 0 saturated carbocycles. The van der Waals surface area contributed by atoms with Gasteiger partial charge in [0, 0.05) is 22.9 Å². The van der Waals surface area contributed by atoms with Crippen LogP contribution in [0.4, 0.5) is 0 Å². The maximum absolute atomic E-state index is 4.61. The second-order valence-corrected chi connectivity index (χ2v) is 7.35. The van der Waals surface area contributed by atoms with E-state index in [0.717, 1.165) is 11.6 Å². The predicted octanol–water partition coefficient (Wildman–Crippen LogP) is 4.66. The summed E-state index contributed by atoms with van der Waals surface area (Å²) >= 11 is 1.78. The summed E-state index contributed by atoms with van der Waals surface area (Å²) in [4.78, 5) is 5.90. The molecule has 4 rings (SSSR count). The monoisotopic (exact) mass is 357 g/mol. The van der Waals surface area contributed by atoms with E-state index in [-0.39, 0.29) is 0 Å². The van der Waals surface area contributed by atoms with E-state index in [9.17, 15) is 0 Å². The number of aromatic nitrogens is 1. The minimum atomic E-state index is 0.291. The van der Waals surface area contributed by atoms with Gasteiger partial charge in [-0.25, -0.2) is 4.98 Å². The van der Waals surface area contributed by atoms with E-state index in [1.807, 2.05) is 12.3 Å². The molecule has 0 saturated heterocycles. The Balaban J connectivity index is 1.53. The zero-order valence-electron chi connectivity index (χ0n) is 14.5. The molecular weight excluding hydrogens is 336 g/mol. The number of nitrogens with two attached hydrogens (primary N) is 1. The van der Waals surface area contributed by atoms with Gasteiger partial charge in [-0.15, -0.1) is 11.3 Å². The lowest BCUT2D eigenvalue weighted by Crippen LogP contribution is -2.83. The normalized spacial score (nSPS) is 11.0. The van der Waals surface area contributed by atoms with Gasteiger partial charge in [0.05, 0.1) is 4.88 Å². The fraction of sp³-hybridized carbons (Fsp3) is 0.0870. The van der Waals surface area contributed by atoms with Crippen molar-refractivity contribution in [3.63, 3.8) is 0 Å². The van der Waals surface area contributed by atoms with Crippen LogP contribution < -0.4 is 5.32 Å². The molecule has 26 heavy (non-hydrogen) atoms. The molecule has 0 spiro atoms. The summed E-state index contributed by atoms with van der Waals surface area (Å²) in [7, 11) is 0. The van der Waals surface area contributed by atoms with Crippen molar-refractivity contribution >= 4 is 11.3 Å². The fourth-order valence-corrected chi connectivity index (χ4v) is 4.03. The van der Waals surface area contributed by atoms with Crippen LogP contribution in [0.25, 0.3) is 10.6 Å². The summed E-state index contributed by atoms with van der Waals surface area (Å²) in [5.74, 6) is 0. The number of rotatable bonds is 6. The molecule has 3 aromatic carbocycles. The molecule has 0 unspecified atom stereocenters. The summed E-state index contributed by atoms with van der Waals surface area (Å²) in [5.41, 5.74) is 3.84. The number of hydrogen-bond donors (Lipinski definition) is 1. The van der Waals surface area contributed by atoms with Crippen LogP contribution in [-0.2, 0) is 6.54 Å². The third kappa shape index (κ3) is 3.90. The summed E-state index contributed by atoms with van der Waals surface area (Å²) < 4.78 is 0. The summed E-state index contributed by atoms with van der Waals surface area (Å²) in [6.45, 7) is 0.916. The van der Waals surface area contributed by atoms with E-state index < -0.39 is 0 Å². The highest BCUT2D eigenvalue weighted by Gasteiger charge is 2.17. The number of benzene rings is 3. The highest BCUT2D eigenvalue weighted by atomic mass is 32.1. The topological polar surface area (TPSA) is 29.5 Å². The minimum absolute atomic E-state index is 0.291. The van der Waals surface area contributed by atoms with E-state index in [1.54, 1.807) is 11.3 Å². The first-order valence-electron chi connectivity index (χ1n) is 8.83. The Morgan fingerprint density at radius 3 is 1.85 bits per heavy atom. The third-order valence-corrected chi connectivity index (χ3v) is 5.52. The van der Waals surface area contributed by atoms with E-state index >= 15 is 0 Å². The average Bonchev–Trinajstić information content (AvgIpc) is 3.20. The van der Waals surface area contributed by atoms with Gasteiger partial charge in [-0.1, -0.05) is 91.0 Å². The van der Waals surface area contributed by atoms with Gasteiger partial charge >= 0.3 is 0 Å². The number of thiazole rings is 1. The van der Waals surface area contributed by atoms with Gasteiger partial charge in [0.1, 0.15) is 17.6 Å². The van der Waals surface area contributed by atoms with Gasteiger partial charge < -0.3 is 5.32 Å². The molecule has 0 atom stereocenters. The van der Waals surface area contributed by atoms with Gasteiger partial charge in [-0.2, -0.15) is 0 Å². The largest absolute Gasteiger partial charge is 0.332 e. The van der Waals surface area contributed by atoms with E-state index in [2.05, 4.69) is 95.2 Å². The maximum Gasteiger partial charge on any atom is 0.138 e. The maximum atomic E-state index is 4.61. The molecule has 0 aliphatic rings. The van der Waals surface area contributed by atoms with E-state index in [1.165, 1.54) is 21.6 Å². The molecule has 1 aromatic heterocycles. The molecule has 2 nitrogen and oxygen atoms in total. The zero-order chi connectivity index (χ0) is 17.6. The molecule has 0 radical (unpaired) electrons. The van der Waals surface area contributed by atoms with Crippen LogP contribution in [0.3, 0.4) is 0 Å². The smallest absolute Gasteiger partial charge is 0.138 e. The Labute approximate surface area is 158 Å². The van der Waals surface area contributed by atoms with Gasteiger partial charge in [-0.05, 0) is 0 Å². The third-order valence-electron chi connectivity index (χ3n) is 4.45. The number of nitrogens with zero attached hydrogens (tertiary/aromatic N) is 1. The van der Waals surface area contributed by atoms with Crippen LogP contribution in [0.15, 0.2) is 97.2 Å². The van der Waals surface area contributed by atoms with Crippen molar-refractivity contribution in [2.75, 3.05) is 0 Å². The Kier molecular flexibility index (Phi) is 5.19. The molecule has 0 bridgehead atoms. The molecule has 4 aromatic rings. The molecule has 0 amide bonds. The van der Waals surface area contributed by atoms with Crippen LogP contribution >= 0.6 is 11.3 Å². The zero-order valence-corrected chi connectivity index (χ0v) is 15.3. The lowest BCUT2D eigenvalue weighted by molar-refractivity contribution is -0.702. The molecular formula is C23H21N2S+. The first-order chi connectivity index (χ1) is 12.9. The Morgan fingerprint density at radius 2 is 1.27 bits per heavy atom. The SMILES string of the molecule is c1ccc(-c2ncc(C[NH2+]C(c3ccccc3)c3ccccc3)s2)cc1. The fourth-order valence-electron chi connectivity index (χ4n) is 3.14. The van der Waals surface area contributed by atoms with E-state index in [4.69, 9.17) is 0 Å². The lowest BCUT2D eigenvalue weighted by atomic mass is 9.99. The summed E-state index contributed by atoms with van der Waals surface area (Å²) in [6.07, 6.45) is 2.01. The van der Waals surface area contributed by atoms with Crippen molar-refractivity contribution in [2.45, 2.75) is 12.6 Å². The number of hydrogen-bond acceptors (Lipinski definition) is 2. The molecule has 3 heteroatoms. The molecule has 0 fully saturated rings. The summed E-state index contributed by atoms with van der Waals surface area (Å²) in [5, 5.41) is 3.48. The van der Waals surface area contributed by atoms with Gasteiger partial charge in [0.15, 0.2) is 0 Å². The van der Waals surface area contributed by atoms with Crippen LogP contribution in [-0.4, -0.2) is 4.98 Å². The van der Waals surface area contributed by atoms with Crippen LogP contribution in [0.1, 0.15) is 22.0 Å². The lowest BCUT2D eigenvalue weighted by Gasteiger charge is -2.16. The van der Waals surface area contributed by atoms with Crippen molar-refractivity contribution in [3.05, 3.63) is 113 Å². The van der Waals surface area contributed by atoms with Gasteiger partial charge in [0.2, 0.25) is 0 Å². The molecule has 1 heterocycles. The van der Waals surface area contributed by atoms with Crippen LogP contribution in [0.5, 0.6) is 0 Å². The number of quaternary nitrogens is 1. The van der Waals surface area contributed by atoms with Crippen molar-refractivity contribution < 1.29 is 5.32 Å². The van der Waals surface area contributed by atoms with Crippen LogP contribution in [0.2, 0.25) is 0 Å². The van der Waals surface area contributed by atoms with Crippen molar-refractivity contribution in [3.8, 4) is 10.6 Å². The van der Waals surface area contributed by atoms with Gasteiger partial charge in [0.25, 0.3) is 0 Å². The van der Waals surface area contributed by atoms with Crippen molar-refractivity contribution in [1.82, 2.24) is 4.98 Å². The minimum Gasteiger partial charge on any atom is -0.332 e. The highest BCUT2D eigenvalue weighted by Crippen LogP contribution is 2.25. The summed E-state index contributed by atoms with van der Waals surface area (Å²) in [6, 6.07) is 32.1. The predicted molar refractivity (Wildman–Crippen MR) is 108 cm³/mol. The Morgan fingerprint density at radius 1 is 0.731 bits per heavy atom. The highest BCUT2D eigenvalue weighted by molar-refractivity contribution is 7.15. The first-order valence-corrected chi connectivity index (χ1v) is 9.65. The van der Waals surface area contributed by atoms with Crippen molar-refractivity contribution in [1.29, 1.82) is 0 Å². The van der Waals surface area contributed by atoms with Gasteiger partial charge in [-0.3, -0.25) is 0 Å². The molecule has 128 valence electrons. The molecule has 2 N–H and O–H groups in total. The van der Waals surface area contributed by atoms with Crippen molar-refractivity contribution in [2.24, 2.45) is 0 Å². The first kappa shape index (κ1) is 16.7. The average molecular weight is 358 g/mol. The van der Waals surface area contributed by atoms with E-state index in [0.29, 0.717) is 6.04 Å².